The maximum Gasteiger partial charge on any atom is 0.442 e. The number of alkyl carbamates (subject to hydrolysis) is 1. The zero-order chi connectivity index (χ0) is 19.3. The van der Waals surface area contributed by atoms with E-state index in [0.717, 1.165) is 12.1 Å². The number of alkyl halides is 3. The lowest BCUT2D eigenvalue weighted by Crippen LogP contribution is -2.69. The van der Waals surface area contributed by atoms with Crippen molar-refractivity contribution in [3.63, 3.8) is 0 Å². The molecule has 2 N–H and O–H groups in total. The normalized spacial score (nSPS) is 13.6. The van der Waals surface area contributed by atoms with E-state index in [2.05, 4.69) is 9.47 Å². The number of halogens is 5. The van der Waals surface area contributed by atoms with Crippen LogP contribution < -0.4 is 10.6 Å². The molecular weight excluding hydrogens is 388 g/mol. The Hall–Kier alpha value is -1.87. The lowest BCUT2D eigenvalue weighted by atomic mass is 10.1. The van der Waals surface area contributed by atoms with Gasteiger partial charge < -0.3 is 14.8 Å². The number of nitrogens with one attached hydrogen (secondary N) is 2. The van der Waals surface area contributed by atoms with Crippen molar-refractivity contribution in [2.24, 2.45) is 0 Å². The van der Waals surface area contributed by atoms with Crippen molar-refractivity contribution in [2.45, 2.75) is 25.7 Å². The molecule has 1 atom stereocenters. The summed E-state index contributed by atoms with van der Waals surface area (Å²) in [4.78, 5) is 23.7. The predicted molar refractivity (Wildman–Crippen MR) is 85.7 cm³/mol. The molecule has 0 unspecified atom stereocenters. The van der Waals surface area contributed by atoms with E-state index in [1.54, 1.807) is 0 Å². The van der Waals surface area contributed by atoms with Crippen molar-refractivity contribution < 1.29 is 32.2 Å². The molecule has 0 spiro atoms. The maximum absolute atomic E-state index is 13.7. The molecule has 0 radical (unpaired) electrons. The van der Waals surface area contributed by atoms with Gasteiger partial charge >= 0.3 is 23.9 Å². The van der Waals surface area contributed by atoms with Crippen molar-refractivity contribution >= 4 is 41.0 Å². The van der Waals surface area contributed by atoms with Crippen LogP contribution in [0.5, 0.6) is 0 Å². The second-order valence-electron chi connectivity index (χ2n) is 4.57. The first-order valence-corrected chi connectivity index (χ1v) is 7.75. The lowest BCUT2D eigenvalue weighted by molar-refractivity contribution is -0.205. The van der Waals surface area contributed by atoms with E-state index >= 15 is 0 Å². The number of hydrogen-bond donors (Lipinski definition) is 2. The molecule has 0 saturated heterocycles. The van der Waals surface area contributed by atoms with Gasteiger partial charge in [-0.25, -0.2) is 9.59 Å². The van der Waals surface area contributed by atoms with Gasteiger partial charge in [-0.3, -0.25) is 5.32 Å². The Balaban J connectivity index is 3.37. The molecule has 0 heterocycles. The van der Waals surface area contributed by atoms with Gasteiger partial charge in [-0.2, -0.15) is 13.2 Å². The van der Waals surface area contributed by atoms with Crippen molar-refractivity contribution in [3.8, 4) is 0 Å². The number of ether oxygens (including phenoxy) is 2. The van der Waals surface area contributed by atoms with Gasteiger partial charge in [-0.15, -0.1) is 0 Å². The third kappa shape index (κ3) is 5.05. The fourth-order valence-corrected chi connectivity index (χ4v) is 2.04. The molecule has 0 aliphatic rings. The van der Waals surface area contributed by atoms with Crippen LogP contribution in [0.25, 0.3) is 0 Å². The zero-order valence-corrected chi connectivity index (χ0v) is 14.7. The van der Waals surface area contributed by atoms with Crippen molar-refractivity contribution in [1.82, 2.24) is 5.32 Å². The summed E-state index contributed by atoms with van der Waals surface area (Å²) in [6, 6.07) is 3.44. The molecule has 0 saturated carbocycles. The summed E-state index contributed by atoms with van der Waals surface area (Å²) in [5, 5.41) is 3.45. The summed E-state index contributed by atoms with van der Waals surface area (Å²) in [6.07, 6.45) is -6.72. The highest BCUT2D eigenvalue weighted by molar-refractivity contribution is 6.42. The highest BCUT2D eigenvalue weighted by Crippen LogP contribution is 2.35. The average molecular weight is 403 g/mol. The van der Waals surface area contributed by atoms with Gasteiger partial charge in [0.15, 0.2) is 0 Å². The van der Waals surface area contributed by atoms with E-state index in [-0.39, 0.29) is 28.9 Å². The molecule has 11 heteroatoms. The van der Waals surface area contributed by atoms with Crippen molar-refractivity contribution in [1.29, 1.82) is 0 Å². The summed E-state index contributed by atoms with van der Waals surface area (Å²) in [7, 11) is 0. The van der Waals surface area contributed by atoms with E-state index < -0.39 is 23.9 Å². The van der Waals surface area contributed by atoms with Crippen LogP contribution in [0.15, 0.2) is 18.2 Å². The molecule has 6 nitrogen and oxygen atoms in total. The van der Waals surface area contributed by atoms with Gasteiger partial charge in [-0.1, -0.05) is 23.2 Å². The smallest absolute Gasteiger partial charge is 0.442 e. The summed E-state index contributed by atoms with van der Waals surface area (Å²) < 4.78 is 50.1. The van der Waals surface area contributed by atoms with E-state index in [0.29, 0.717) is 0 Å². The Kier molecular flexibility index (Phi) is 7.18. The minimum atomic E-state index is -5.27. The van der Waals surface area contributed by atoms with E-state index in [9.17, 15) is 22.8 Å². The number of benzene rings is 1. The molecule has 0 aliphatic carbocycles. The molecule has 25 heavy (non-hydrogen) atoms. The quantitative estimate of drug-likeness (QED) is 0.555. The first-order valence-electron chi connectivity index (χ1n) is 6.99. The molecule has 1 aromatic rings. The summed E-state index contributed by atoms with van der Waals surface area (Å²) in [5.41, 5.74) is -3.80. The number of anilines is 1. The molecule has 1 amide bonds. The first kappa shape index (κ1) is 21.2. The third-order valence-corrected chi connectivity index (χ3v) is 3.56. The number of amides is 1. The van der Waals surface area contributed by atoms with Crippen LogP contribution in [0.2, 0.25) is 10.0 Å². The molecule has 1 rings (SSSR count). The molecule has 140 valence electrons. The molecule has 0 fully saturated rings. The molecule has 0 aromatic heterocycles. The third-order valence-electron chi connectivity index (χ3n) is 2.82. The number of carbonyl (C=O) groups excluding carboxylic acids is 2. The van der Waals surface area contributed by atoms with Crippen LogP contribution in [0.3, 0.4) is 0 Å². The second kappa shape index (κ2) is 8.48. The van der Waals surface area contributed by atoms with Gasteiger partial charge in [0.2, 0.25) is 0 Å². The number of esters is 1. The molecule has 1 aromatic carbocycles. The Morgan fingerprint density at radius 3 is 2.16 bits per heavy atom. The van der Waals surface area contributed by atoms with Crippen molar-refractivity contribution in [2.75, 3.05) is 18.5 Å². The fourth-order valence-electron chi connectivity index (χ4n) is 1.74. The van der Waals surface area contributed by atoms with Gasteiger partial charge in [0, 0.05) is 5.69 Å². The zero-order valence-electron chi connectivity index (χ0n) is 13.2. The van der Waals surface area contributed by atoms with Crippen LogP contribution in [0.4, 0.5) is 23.7 Å². The molecular formula is C14H15Cl2F3N2O4. The fraction of sp³-hybridized carbons (Fsp3) is 0.429. The Bertz CT molecular complexity index is 643. The maximum atomic E-state index is 13.7. The number of carbonyl (C=O) groups is 2. The van der Waals surface area contributed by atoms with Crippen LogP contribution in [0, 0.1) is 0 Å². The Morgan fingerprint density at radius 1 is 1.08 bits per heavy atom. The van der Waals surface area contributed by atoms with Crippen molar-refractivity contribution in [3.05, 3.63) is 28.2 Å². The van der Waals surface area contributed by atoms with E-state index in [1.807, 2.05) is 5.32 Å². The van der Waals surface area contributed by atoms with Gasteiger partial charge in [-0.05, 0) is 32.0 Å². The summed E-state index contributed by atoms with van der Waals surface area (Å²) >= 11 is 11.5. The van der Waals surface area contributed by atoms with Crippen LogP contribution in [0.1, 0.15) is 13.8 Å². The molecule has 0 aliphatic heterocycles. The number of rotatable bonds is 6. The van der Waals surface area contributed by atoms with Gasteiger partial charge in [0.25, 0.3) is 0 Å². The monoisotopic (exact) mass is 402 g/mol. The van der Waals surface area contributed by atoms with Crippen LogP contribution in [-0.2, 0) is 14.3 Å². The Morgan fingerprint density at radius 2 is 1.68 bits per heavy atom. The van der Waals surface area contributed by atoms with E-state index in [1.165, 1.54) is 25.2 Å². The standard InChI is InChI=1S/C14H15Cl2F3N2O4/c1-3-24-11(22)13(14(17,18)19,21-12(23)25-4-2)20-8-5-6-9(15)10(16)7-8/h5-7,20H,3-4H2,1-2H3,(H,21,23)/t13-/m1/s1. The topological polar surface area (TPSA) is 76.7 Å². The summed E-state index contributed by atoms with van der Waals surface area (Å²) in [5.74, 6) is -1.76. The van der Waals surface area contributed by atoms with Gasteiger partial charge in [0.1, 0.15) is 0 Å². The minimum Gasteiger partial charge on any atom is -0.463 e. The predicted octanol–water partition coefficient (Wildman–Crippen LogP) is 3.97. The van der Waals surface area contributed by atoms with E-state index in [4.69, 9.17) is 23.2 Å². The van der Waals surface area contributed by atoms with Crippen LogP contribution >= 0.6 is 23.2 Å². The molecule has 0 bridgehead atoms. The SMILES string of the molecule is CCOC(=O)N[C@](Nc1ccc(Cl)c(Cl)c1)(C(=O)OCC)C(F)(F)F. The minimum absolute atomic E-state index is 0.0530. The summed E-state index contributed by atoms with van der Waals surface area (Å²) in [6.45, 7) is 2.17. The lowest BCUT2D eigenvalue weighted by Gasteiger charge is -2.34. The largest absolute Gasteiger partial charge is 0.463 e. The Labute approximate surface area is 151 Å². The van der Waals surface area contributed by atoms with Crippen LogP contribution in [-0.4, -0.2) is 37.1 Å². The average Bonchev–Trinajstić information content (AvgIpc) is 2.49. The highest BCUT2D eigenvalue weighted by atomic mass is 35.5. The number of hydrogen-bond acceptors (Lipinski definition) is 5. The van der Waals surface area contributed by atoms with Gasteiger partial charge in [0.05, 0.1) is 23.3 Å². The first-order chi connectivity index (χ1) is 11.6. The highest BCUT2D eigenvalue weighted by Gasteiger charge is 2.64. The second-order valence-corrected chi connectivity index (χ2v) is 5.38.